The van der Waals surface area contributed by atoms with Crippen LogP contribution in [0, 0.1) is 33.8 Å². The van der Waals surface area contributed by atoms with Crippen molar-refractivity contribution in [2.24, 2.45) is 23.7 Å². The lowest BCUT2D eigenvalue weighted by Crippen LogP contribution is -2.39. The number of benzene rings is 1. The Hall–Kier alpha value is -1.42. The number of rotatable bonds is 4. The summed E-state index contributed by atoms with van der Waals surface area (Å²) in [5.41, 5.74) is 1.06. The van der Waals surface area contributed by atoms with Gasteiger partial charge in [0.15, 0.2) is 0 Å². The largest absolute Gasteiger partial charge is 0.309 e. The monoisotopic (exact) mass is 286 g/mol. The predicted molar refractivity (Wildman–Crippen MR) is 80.8 cm³/mol. The number of nitro groups is 1. The number of nitro benzene ring substituents is 1. The van der Waals surface area contributed by atoms with Gasteiger partial charge in [-0.3, -0.25) is 10.1 Å². The molecule has 0 amide bonds. The van der Waals surface area contributed by atoms with Gasteiger partial charge in [-0.1, -0.05) is 24.6 Å². The fourth-order valence-corrected chi connectivity index (χ4v) is 5.38. The van der Waals surface area contributed by atoms with Gasteiger partial charge >= 0.3 is 0 Å². The summed E-state index contributed by atoms with van der Waals surface area (Å²) >= 11 is 0. The molecule has 1 aromatic carbocycles. The Bertz CT molecular complexity index is 559. The highest BCUT2D eigenvalue weighted by Crippen LogP contribution is 2.58. The molecule has 0 heterocycles. The van der Waals surface area contributed by atoms with E-state index in [1.165, 1.54) is 32.1 Å². The van der Waals surface area contributed by atoms with Crippen molar-refractivity contribution >= 4 is 5.69 Å². The smallest absolute Gasteiger partial charge is 0.273 e. The number of hydrogen-bond donors (Lipinski definition) is 1. The zero-order chi connectivity index (χ0) is 14.4. The SMILES string of the molecule is O=[N+]([O-])c1ccccc1CNC1CC2CC1C1CCCC21. The predicted octanol–water partition coefficient (Wildman–Crippen LogP) is 3.51. The second-order valence-corrected chi connectivity index (χ2v) is 7.03. The molecule has 3 aliphatic carbocycles. The lowest BCUT2D eigenvalue weighted by Gasteiger charge is -2.32. The fourth-order valence-electron chi connectivity index (χ4n) is 5.38. The summed E-state index contributed by atoms with van der Waals surface area (Å²) in [6, 6.07) is 7.68. The Labute approximate surface area is 125 Å². The first-order valence-electron chi connectivity index (χ1n) is 8.19. The molecular weight excluding hydrogens is 264 g/mol. The lowest BCUT2D eigenvalue weighted by atomic mass is 9.79. The van der Waals surface area contributed by atoms with Gasteiger partial charge in [0.25, 0.3) is 5.69 Å². The number of nitrogens with zero attached hydrogens (tertiary/aromatic N) is 1. The first-order valence-corrected chi connectivity index (χ1v) is 8.19. The van der Waals surface area contributed by atoms with Gasteiger partial charge in [0.1, 0.15) is 0 Å². The van der Waals surface area contributed by atoms with Crippen molar-refractivity contribution in [3.05, 3.63) is 39.9 Å². The van der Waals surface area contributed by atoms with E-state index in [-0.39, 0.29) is 10.6 Å². The minimum Gasteiger partial charge on any atom is -0.309 e. The lowest BCUT2D eigenvalue weighted by molar-refractivity contribution is -0.385. The normalized spacial score (nSPS) is 36.9. The van der Waals surface area contributed by atoms with Gasteiger partial charge in [0.2, 0.25) is 0 Å². The van der Waals surface area contributed by atoms with Crippen molar-refractivity contribution in [1.29, 1.82) is 0 Å². The van der Waals surface area contributed by atoms with Crippen LogP contribution in [0.4, 0.5) is 5.69 Å². The molecule has 1 aromatic rings. The Morgan fingerprint density at radius 1 is 1.14 bits per heavy atom. The van der Waals surface area contributed by atoms with E-state index in [1.54, 1.807) is 12.1 Å². The molecular formula is C17H22N2O2. The van der Waals surface area contributed by atoms with Crippen molar-refractivity contribution in [2.45, 2.75) is 44.7 Å². The van der Waals surface area contributed by atoms with Crippen LogP contribution in [0.5, 0.6) is 0 Å². The van der Waals surface area contributed by atoms with Crippen molar-refractivity contribution in [3.63, 3.8) is 0 Å². The fraction of sp³-hybridized carbons (Fsp3) is 0.647. The first kappa shape index (κ1) is 13.3. The topological polar surface area (TPSA) is 55.2 Å². The Kier molecular flexibility index (Phi) is 3.21. The van der Waals surface area contributed by atoms with E-state index in [0.29, 0.717) is 12.6 Å². The van der Waals surface area contributed by atoms with Crippen LogP contribution >= 0.6 is 0 Å². The molecule has 1 N–H and O–H groups in total. The average molecular weight is 286 g/mol. The minimum atomic E-state index is -0.273. The summed E-state index contributed by atoms with van der Waals surface area (Å²) in [6.07, 6.45) is 6.95. The number of para-hydroxylation sites is 1. The van der Waals surface area contributed by atoms with Crippen LogP contribution in [0.3, 0.4) is 0 Å². The van der Waals surface area contributed by atoms with E-state index in [9.17, 15) is 10.1 Å². The third-order valence-electron chi connectivity index (χ3n) is 6.17. The third kappa shape index (κ3) is 2.16. The Morgan fingerprint density at radius 3 is 2.81 bits per heavy atom. The molecule has 112 valence electrons. The number of fused-ring (bicyclic) bond motifs is 5. The van der Waals surface area contributed by atoms with E-state index < -0.39 is 0 Å². The third-order valence-corrected chi connectivity index (χ3v) is 6.17. The molecule has 3 fully saturated rings. The average Bonchev–Trinajstić information content (AvgIpc) is 3.17. The summed E-state index contributed by atoms with van der Waals surface area (Å²) < 4.78 is 0. The number of hydrogen-bond acceptors (Lipinski definition) is 3. The van der Waals surface area contributed by atoms with Gasteiger partial charge in [-0.15, -0.1) is 0 Å². The molecule has 0 aliphatic heterocycles. The van der Waals surface area contributed by atoms with Gasteiger partial charge in [-0.25, -0.2) is 0 Å². The van der Waals surface area contributed by atoms with Crippen LogP contribution in [0.1, 0.15) is 37.7 Å². The van der Waals surface area contributed by atoms with Crippen LogP contribution in [0.25, 0.3) is 0 Å². The van der Waals surface area contributed by atoms with E-state index in [1.807, 2.05) is 12.1 Å². The van der Waals surface area contributed by atoms with E-state index in [2.05, 4.69) is 5.32 Å². The van der Waals surface area contributed by atoms with Crippen LogP contribution in [-0.2, 0) is 6.54 Å². The van der Waals surface area contributed by atoms with Crippen LogP contribution in [-0.4, -0.2) is 11.0 Å². The maximum Gasteiger partial charge on any atom is 0.273 e. The van der Waals surface area contributed by atoms with Crippen LogP contribution < -0.4 is 5.32 Å². The Balaban J connectivity index is 1.43. The number of nitrogens with one attached hydrogen (secondary N) is 1. The molecule has 4 nitrogen and oxygen atoms in total. The Morgan fingerprint density at radius 2 is 1.95 bits per heavy atom. The van der Waals surface area contributed by atoms with Crippen molar-refractivity contribution in [3.8, 4) is 0 Å². The summed E-state index contributed by atoms with van der Waals surface area (Å²) in [6.45, 7) is 0.627. The summed E-state index contributed by atoms with van der Waals surface area (Å²) in [4.78, 5) is 10.8. The molecule has 2 bridgehead atoms. The van der Waals surface area contributed by atoms with Crippen LogP contribution in [0.2, 0.25) is 0 Å². The maximum absolute atomic E-state index is 11.1. The zero-order valence-electron chi connectivity index (χ0n) is 12.2. The molecule has 21 heavy (non-hydrogen) atoms. The first-order chi connectivity index (χ1) is 10.2. The van der Waals surface area contributed by atoms with Gasteiger partial charge in [0.05, 0.1) is 4.92 Å². The second-order valence-electron chi connectivity index (χ2n) is 7.03. The molecule has 0 saturated heterocycles. The summed E-state index contributed by atoms with van der Waals surface area (Å²) in [5, 5.41) is 14.7. The second kappa shape index (κ2) is 5.09. The molecule has 5 unspecified atom stereocenters. The molecule has 5 atom stereocenters. The highest BCUT2D eigenvalue weighted by Gasteiger charge is 2.53. The maximum atomic E-state index is 11.1. The zero-order valence-corrected chi connectivity index (χ0v) is 12.2. The van der Waals surface area contributed by atoms with Crippen molar-refractivity contribution in [2.75, 3.05) is 0 Å². The summed E-state index contributed by atoms with van der Waals surface area (Å²) in [5.74, 6) is 3.68. The van der Waals surface area contributed by atoms with E-state index >= 15 is 0 Å². The molecule has 4 rings (SSSR count). The molecule has 4 heteroatoms. The molecule has 3 aliphatic rings. The van der Waals surface area contributed by atoms with Crippen LogP contribution in [0.15, 0.2) is 24.3 Å². The molecule has 0 spiro atoms. The molecule has 0 aromatic heterocycles. The van der Waals surface area contributed by atoms with Crippen molar-refractivity contribution in [1.82, 2.24) is 5.32 Å². The van der Waals surface area contributed by atoms with Gasteiger partial charge in [-0.2, -0.15) is 0 Å². The quantitative estimate of drug-likeness (QED) is 0.680. The standard InChI is InChI=1S/C17H22N2O2/c20-19(21)17-7-2-1-4-11(17)10-18-16-9-12-8-15(16)14-6-3-5-13(12)14/h1-2,4,7,12-16,18H,3,5-6,8-10H2. The molecule has 0 radical (unpaired) electrons. The highest BCUT2D eigenvalue weighted by molar-refractivity contribution is 5.39. The van der Waals surface area contributed by atoms with Gasteiger partial charge in [-0.05, 0) is 49.4 Å². The van der Waals surface area contributed by atoms with E-state index in [0.717, 1.165) is 29.2 Å². The molecule has 3 saturated carbocycles. The summed E-state index contributed by atoms with van der Waals surface area (Å²) in [7, 11) is 0. The van der Waals surface area contributed by atoms with Gasteiger partial charge in [0, 0.05) is 24.2 Å². The minimum absolute atomic E-state index is 0.242. The van der Waals surface area contributed by atoms with E-state index in [4.69, 9.17) is 0 Å². The van der Waals surface area contributed by atoms with Gasteiger partial charge < -0.3 is 5.32 Å². The van der Waals surface area contributed by atoms with Crippen molar-refractivity contribution < 1.29 is 4.92 Å². The highest BCUT2D eigenvalue weighted by atomic mass is 16.6.